The van der Waals surface area contributed by atoms with E-state index in [-0.39, 0.29) is 6.03 Å². The van der Waals surface area contributed by atoms with E-state index in [4.69, 9.17) is 14.2 Å². The summed E-state index contributed by atoms with van der Waals surface area (Å²) in [5, 5.41) is 2.74. The van der Waals surface area contributed by atoms with Gasteiger partial charge in [-0.05, 0) is 12.1 Å². The first-order chi connectivity index (χ1) is 9.13. The van der Waals surface area contributed by atoms with Gasteiger partial charge in [-0.1, -0.05) is 0 Å². The first kappa shape index (κ1) is 15.1. The second-order valence-corrected chi connectivity index (χ2v) is 3.82. The lowest BCUT2D eigenvalue weighted by Crippen LogP contribution is -2.38. The van der Waals surface area contributed by atoms with Crippen molar-refractivity contribution < 1.29 is 19.0 Å². The third-order valence-corrected chi connectivity index (χ3v) is 2.64. The Balaban J connectivity index is 2.76. The van der Waals surface area contributed by atoms with E-state index in [0.717, 1.165) is 0 Å². The molecule has 19 heavy (non-hydrogen) atoms. The summed E-state index contributed by atoms with van der Waals surface area (Å²) in [5.74, 6) is 1.20. The number of methoxy groups -OCH3 is 3. The highest BCUT2D eigenvalue weighted by Gasteiger charge is 2.13. The lowest BCUT2D eigenvalue weighted by molar-refractivity contribution is 0.197. The molecule has 0 heterocycles. The highest BCUT2D eigenvalue weighted by Crippen LogP contribution is 2.30. The predicted molar refractivity (Wildman–Crippen MR) is 73.2 cm³/mol. The number of benzene rings is 1. The van der Waals surface area contributed by atoms with Crippen LogP contribution in [0.1, 0.15) is 0 Å². The van der Waals surface area contributed by atoms with Gasteiger partial charge in [0.1, 0.15) is 0 Å². The Kier molecular flexibility index (Phi) is 5.95. The minimum atomic E-state index is -0.204. The molecule has 6 nitrogen and oxygen atoms in total. The number of amides is 2. The van der Waals surface area contributed by atoms with Crippen molar-refractivity contribution in [3.63, 3.8) is 0 Å². The zero-order valence-electron chi connectivity index (χ0n) is 11.7. The molecular formula is C13H20N2O4. The second kappa shape index (κ2) is 7.48. The van der Waals surface area contributed by atoms with Crippen LogP contribution in [0.25, 0.3) is 0 Å². The number of anilines is 1. The topological polar surface area (TPSA) is 60.0 Å². The molecule has 0 saturated heterocycles. The zero-order valence-corrected chi connectivity index (χ0v) is 11.7. The molecule has 0 aliphatic carbocycles. The van der Waals surface area contributed by atoms with Crippen LogP contribution in [0, 0.1) is 0 Å². The molecule has 0 aliphatic rings. The van der Waals surface area contributed by atoms with Crippen LogP contribution in [-0.2, 0) is 4.74 Å². The number of urea groups is 1. The van der Waals surface area contributed by atoms with Crippen LogP contribution in [0.3, 0.4) is 0 Å². The molecular weight excluding hydrogens is 248 g/mol. The first-order valence-electron chi connectivity index (χ1n) is 5.86. The summed E-state index contributed by atoms with van der Waals surface area (Å²) in [4.78, 5) is 13.4. The van der Waals surface area contributed by atoms with Crippen molar-refractivity contribution in [2.75, 3.05) is 46.4 Å². The van der Waals surface area contributed by atoms with Gasteiger partial charge in [-0.25, -0.2) is 4.79 Å². The quantitative estimate of drug-likeness (QED) is 0.794. The molecule has 0 fully saturated rings. The van der Waals surface area contributed by atoms with Crippen molar-refractivity contribution in [2.24, 2.45) is 0 Å². The maximum atomic E-state index is 11.9. The number of rotatable bonds is 6. The van der Waals surface area contributed by atoms with Gasteiger partial charge < -0.3 is 19.5 Å². The van der Waals surface area contributed by atoms with Crippen molar-refractivity contribution in [3.05, 3.63) is 18.2 Å². The molecule has 1 aromatic rings. The van der Waals surface area contributed by atoms with Crippen molar-refractivity contribution in [2.45, 2.75) is 0 Å². The van der Waals surface area contributed by atoms with Crippen LogP contribution in [0.2, 0.25) is 0 Å². The number of carbonyl (C=O) groups is 1. The Morgan fingerprint density at radius 3 is 2.47 bits per heavy atom. The van der Waals surface area contributed by atoms with Crippen molar-refractivity contribution in [1.82, 2.24) is 5.32 Å². The van der Waals surface area contributed by atoms with Crippen LogP contribution < -0.4 is 19.7 Å². The van der Waals surface area contributed by atoms with E-state index in [9.17, 15) is 4.79 Å². The van der Waals surface area contributed by atoms with Gasteiger partial charge in [-0.15, -0.1) is 0 Å². The Morgan fingerprint density at radius 2 is 1.89 bits per heavy atom. The molecule has 1 N–H and O–H groups in total. The third-order valence-electron chi connectivity index (χ3n) is 2.64. The molecule has 0 radical (unpaired) electrons. The van der Waals surface area contributed by atoms with Crippen LogP contribution in [0.4, 0.5) is 10.5 Å². The number of carbonyl (C=O) groups excluding carboxylic acids is 1. The van der Waals surface area contributed by atoms with Crippen LogP contribution in [0.5, 0.6) is 11.5 Å². The molecule has 6 heteroatoms. The largest absolute Gasteiger partial charge is 0.493 e. The SMILES string of the molecule is COCCNC(=O)N(C)c1ccc(OC)c(OC)c1. The summed E-state index contributed by atoms with van der Waals surface area (Å²) < 4.78 is 15.2. The van der Waals surface area contributed by atoms with E-state index in [1.165, 1.54) is 4.90 Å². The fourth-order valence-corrected chi connectivity index (χ4v) is 1.53. The number of nitrogens with one attached hydrogen (secondary N) is 1. The minimum absolute atomic E-state index is 0.204. The highest BCUT2D eigenvalue weighted by molar-refractivity contribution is 5.91. The normalized spacial score (nSPS) is 9.89. The maximum absolute atomic E-state index is 11.9. The Labute approximate surface area is 113 Å². The van der Waals surface area contributed by atoms with Crippen LogP contribution >= 0.6 is 0 Å². The van der Waals surface area contributed by atoms with E-state index in [2.05, 4.69) is 5.32 Å². The average Bonchev–Trinajstić information content (AvgIpc) is 2.45. The molecule has 1 aromatic carbocycles. The van der Waals surface area contributed by atoms with Gasteiger partial charge in [0, 0.05) is 32.5 Å². The minimum Gasteiger partial charge on any atom is -0.493 e. The van der Waals surface area contributed by atoms with Crippen LogP contribution in [-0.4, -0.2) is 47.6 Å². The summed E-state index contributed by atoms with van der Waals surface area (Å²) in [7, 11) is 6.40. The van der Waals surface area contributed by atoms with Crippen molar-refractivity contribution >= 4 is 11.7 Å². The molecule has 0 aliphatic heterocycles. The molecule has 106 valence electrons. The van der Waals surface area contributed by atoms with E-state index in [1.54, 1.807) is 46.6 Å². The Morgan fingerprint density at radius 1 is 1.21 bits per heavy atom. The lowest BCUT2D eigenvalue weighted by Gasteiger charge is -2.19. The molecule has 0 atom stereocenters. The third kappa shape index (κ3) is 4.03. The summed E-state index contributed by atoms with van der Waals surface area (Å²) in [6.45, 7) is 0.943. The summed E-state index contributed by atoms with van der Waals surface area (Å²) in [6.07, 6.45) is 0. The predicted octanol–water partition coefficient (Wildman–Crippen LogP) is 1.50. The van der Waals surface area contributed by atoms with Gasteiger partial charge in [-0.2, -0.15) is 0 Å². The Bertz CT molecular complexity index is 423. The van der Waals surface area contributed by atoms with Gasteiger partial charge in [0.15, 0.2) is 11.5 Å². The van der Waals surface area contributed by atoms with Gasteiger partial charge in [0.05, 0.1) is 20.8 Å². The monoisotopic (exact) mass is 268 g/mol. The molecule has 0 unspecified atom stereocenters. The fraction of sp³-hybridized carbons (Fsp3) is 0.462. The fourth-order valence-electron chi connectivity index (χ4n) is 1.53. The molecule has 1 rings (SSSR count). The zero-order chi connectivity index (χ0) is 14.3. The second-order valence-electron chi connectivity index (χ2n) is 3.82. The summed E-state index contributed by atoms with van der Waals surface area (Å²) in [5.41, 5.74) is 0.715. The van der Waals surface area contributed by atoms with E-state index < -0.39 is 0 Å². The maximum Gasteiger partial charge on any atom is 0.321 e. The number of nitrogens with zero attached hydrogens (tertiary/aromatic N) is 1. The number of hydrogen-bond donors (Lipinski definition) is 1. The molecule has 2 amide bonds. The number of hydrogen-bond acceptors (Lipinski definition) is 4. The smallest absolute Gasteiger partial charge is 0.321 e. The summed E-state index contributed by atoms with van der Waals surface area (Å²) >= 11 is 0. The van der Waals surface area contributed by atoms with Crippen molar-refractivity contribution in [1.29, 1.82) is 0 Å². The molecule has 0 saturated carbocycles. The molecule has 0 bridgehead atoms. The molecule has 0 spiro atoms. The summed E-state index contributed by atoms with van der Waals surface area (Å²) in [6, 6.07) is 5.09. The highest BCUT2D eigenvalue weighted by atomic mass is 16.5. The van der Waals surface area contributed by atoms with Gasteiger partial charge in [0.2, 0.25) is 0 Å². The van der Waals surface area contributed by atoms with E-state index >= 15 is 0 Å². The lowest BCUT2D eigenvalue weighted by atomic mass is 10.2. The number of ether oxygens (including phenoxy) is 3. The van der Waals surface area contributed by atoms with Gasteiger partial charge in [0.25, 0.3) is 0 Å². The van der Waals surface area contributed by atoms with Gasteiger partial charge in [-0.3, -0.25) is 4.90 Å². The first-order valence-corrected chi connectivity index (χ1v) is 5.86. The molecule has 0 aromatic heterocycles. The van der Waals surface area contributed by atoms with Gasteiger partial charge >= 0.3 is 6.03 Å². The average molecular weight is 268 g/mol. The van der Waals surface area contributed by atoms with E-state index in [1.807, 2.05) is 0 Å². The Hall–Kier alpha value is -1.95. The van der Waals surface area contributed by atoms with Crippen molar-refractivity contribution in [3.8, 4) is 11.5 Å². The standard InChI is InChI=1S/C13H20N2O4/c1-15(13(16)14-7-8-17-2)10-5-6-11(18-3)12(9-10)19-4/h5-6,9H,7-8H2,1-4H3,(H,14,16). The van der Waals surface area contributed by atoms with E-state index in [0.29, 0.717) is 30.3 Å². The van der Waals surface area contributed by atoms with Crippen LogP contribution in [0.15, 0.2) is 18.2 Å².